The van der Waals surface area contributed by atoms with Crippen molar-refractivity contribution in [2.75, 3.05) is 0 Å². The van der Waals surface area contributed by atoms with Crippen LogP contribution in [-0.2, 0) is 12.6 Å². The van der Waals surface area contributed by atoms with Gasteiger partial charge in [-0.2, -0.15) is 13.2 Å². The van der Waals surface area contributed by atoms with Crippen molar-refractivity contribution in [3.63, 3.8) is 0 Å². The normalized spacial score (nSPS) is 11.8. The fraction of sp³-hybridized carbons (Fsp3) is 0.250. The van der Waals surface area contributed by atoms with E-state index in [1.165, 1.54) is 12.1 Å². The standard InChI is InChI=1S/C12H9F4NS/c1-2-7-6-18-11(17-7)8-4-3-5-9(10(8)13)12(14,15)16/h3-6H,2H2,1H3. The summed E-state index contributed by atoms with van der Waals surface area (Å²) in [5.74, 6) is -1.26. The van der Waals surface area contributed by atoms with Gasteiger partial charge in [0.1, 0.15) is 10.8 Å². The van der Waals surface area contributed by atoms with Gasteiger partial charge in [-0.05, 0) is 18.6 Å². The number of rotatable bonds is 2. The SMILES string of the molecule is CCc1csc(-c2cccc(C(F)(F)F)c2F)n1. The molecule has 0 radical (unpaired) electrons. The summed E-state index contributed by atoms with van der Waals surface area (Å²) in [5, 5.41) is 1.99. The Bertz CT molecular complexity index is 559. The van der Waals surface area contributed by atoms with E-state index in [0.29, 0.717) is 6.42 Å². The number of halogens is 4. The molecule has 2 rings (SSSR count). The first kappa shape index (κ1) is 13.0. The van der Waals surface area contributed by atoms with Gasteiger partial charge in [-0.3, -0.25) is 0 Å². The van der Waals surface area contributed by atoms with Crippen molar-refractivity contribution in [2.45, 2.75) is 19.5 Å². The van der Waals surface area contributed by atoms with Crippen molar-refractivity contribution >= 4 is 11.3 Å². The molecule has 2 aromatic rings. The number of alkyl halides is 3. The highest BCUT2D eigenvalue weighted by atomic mass is 32.1. The molecule has 1 aromatic carbocycles. The van der Waals surface area contributed by atoms with E-state index in [4.69, 9.17) is 0 Å². The maximum atomic E-state index is 13.8. The molecule has 0 N–H and O–H groups in total. The van der Waals surface area contributed by atoms with Gasteiger partial charge in [0.25, 0.3) is 0 Å². The molecule has 0 amide bonds. The van der Waals surface area contributed by atoms with Crippen LogP contribution in [0.4, 0.5) is 17.6 Å². The van der Waals surface area contributed by atoms with Gasteiger partial charge in [0.15, 0.2) is 0 Å². The Hall–Kier alpha value is -1.43. The second-order valence-electron chi connectivity index (χ2n) is 3.66. The molecule has 0 unspecified atom stereocenters. The first-order chi connectivity index (χ1) is 8.43. The lowest BCUT2D eigenvalue weighted by molar-refractivity contribution is -0.139. The minimum Gasteiger partial charge on any atom is -0.241 e. The monoisotopic (exact) mass is 275 g/mol. The Morgan fingerprint density at radius 3 is 2.56 bits per heavy atom. The summed E-state index contributed by atoms with van der Waals surface area (Å²) in [5.41, 5.74) is -0.616. The predicted octanol–water partition coefficient (Wildman–Crippen LogP) is 4.53. The van der Waals surface area contributed by atoms with E-state index >= 15 is 0 Å². The predicted molar refractivity (Wildman–Crippen MR) is 61.9 cm³/mol. The first-order valence-electron chi connectivity index (χ1n) is 5.24. The minimum absolute atomic E-state index is 0.102. The third-order valence-electron chi connectivity index (χ3n) is 2.45. The fourth-order valence-corrected chi connectivity index (χ4v) is 2.43. The number of hydrogen-bond acceptors (Lipinski definition) is 2. The Balaban J connectivity index is 2.52. The number of thiazole rings is 1. The summed E-state index contributed by atoms with van der Waals surface area (Å²) in [6, 6.07) is 3.23. The molecule has 1 nitrogen and oxygen atoms in total. The average Bonchev–Trinajstić information content (AvgIpc) is 2.76. The van der Waals surface area contributed by atoms with E-state index in [1.54, 1.807) is 5.38 Å². The molecule has 1 heterocycles. The largest absolute Gasteiger partial charge is 0.419 e. The van der Waals surface area contributed by atoms with Crippen LogP contribution in [0.25, 0.3) is 10.6 Å². The van der Waals surface area contributed by atoms with Gasteiger partial charge in [0, 0.05) is 10.9 Å². The third kappa shape index (κ3) is 2.38. The van der Waals surface area contributed by atoms with Crippen molar-refractivity contribution in [2.24, 2.45) is 0 Å². The van der Waals surface area contributed by atoms with Crippen LogP contribution in [0.1, 0.15) is 18.2 Å². The second kappa shape index (κ2) is 4.68. The maximum absolute atomic E-state index is 13.8. The van der Waals surface area contributed by atoms with Crippen LogP contribution < -0.4 is 0 Å². The van der Waals surface area contributed by atoms with E-state index in [2.05, 4.69) is 4.98 Å². The second-order valence-corrected chi connectivity index (χ2v) is 4.52. The smallest absolute Gasteiger partial charge is 0.241 e. The fourth-order valence-electron chi connectivity index (χ4n) is 1.51. The van der Waals surface area contributed by atoms with E-state index < -0.39 is 17.6 Å². The topological polar surface area (TPSA) is 12.9 Å². The van der Waals surface area contributed by atoms with Crippen LogP contribution in [0.3, 0.4) is 0 Å². The zero-order valence-corrected chi connectivity index (χ0v) is 10.2. The van der Waals surface area contributed by atoms with Gasteiger partial charge in [0.05, 0.1) is 11.3 Å². The Labute approximate surface area is 105 Å². The van der Waals surface area contributed by atoms with Gasteiger partial charge in [-0.25, -0.2) is 9.37 Å². The quantitative estimate of drug-likeness (QED) is 0.734. The summed E-state index contributed by atoms with van der Waals surface area (Å²) < 4.78 is 51.5. The summed E-state index contributed by atoms with van der Waals surface area (Å²) >= 11 is 1.14. The summed E-state index contributed by atoms with van der Waals surface area (Å²) in [4.78, 5) is 4.09. The van der Waals surface area contributed by atoms with Crippen molar-refractivity contribution in [1.29, 1.82) is 0 Å². The lowest BCUT2D eigenvalue weighted by atomic mass is 10.1. The molecular weight excluding hydrogens is 266 g/mol. The van der Waals surface area contributed by atoms with Gasteiger partial charge in [-0.15, -0.1) is 11.3 Å². The highest BCUT2D eigenvalue weighted by Crippen LogP contribution is 2.36. The maximum Gasteiger partial charge on any atom is 0.419 e. The molecule has 0 aliphatic heterocycles. The lowest BCUT2D eigenvalue weighted by Crippen LogP contribution is -2.08. The molecule has 0 saturated heterocycles. The number of aromatic nitrogens is 1. The van der Waals surface area contributed by atoms with Crippen LogP contribution in [0.5, 0.6) is 0 Å². The van der Waals surface area contributed by atoms with Gasteiger partial charge in [0.2, 0.25) is 0 Å². The van der Waals surface area contributed by atoms with Crippen LogP contribution in [0.2, 0.25) is 0 Å². The van der Waals surface area contributed by atoms with Crippen molar-refractivity contribution in [3.05, 3.63) is 40.7 Å². The number of benzene rings is 1. The Morgan fingerprint density at radius 1 is 1.28 bits per heavy atom. The molecule has 0 spiro atoms. The van der Waals surface area contributed by atoms with Crippen LogP contribution in [-0.4, -0.2) is 4.98 Å². The van der Waals surface area contributed by atoms with E-state index in [-0.39, 0.29) is 10.6 Å². The number of nitrogens with zero attached hydrogens (tertiary/aromatic N) is 1. The lowest BCUT2D eigenvalue weighted by Gasteiger charge is -2.09. The Morgan fingerprint density at radius 2 is 2.00 bits per heavy atom. The summed E-state index contributed by atoms with van der Waals surface area (Å²) in [7, 11) is 0. The minimum atomic E-state index is -4.69. The molecule has 6 heteroatoms. The molecule has 0 aliphatic carbocycles. The molecular formula is C12H9F4NS. The summed E-state index contributed by atoms with van der Waals surface area (Å²) in [6.45, 7) is 1.88. The van der Waals surface area contributed by atoms with Crippen LogP contribution in [0.15, 0.2) is 23.6 Å². The first-order valence-corrected chi connectivity index (χ1v) is 6.12. The average molecular weight is 275 g/mol. The van der Waals surface area contributed by atoms with Gasteiger partial charge < -0.3 is 0 Å². The molecule has 0 atom stereocenters. The highest BCUT2D eigenvalue weighted by Gasteiger charge is 2.35. The molecule has 18 heavy (non-hydrogen) atoms. The number of hydrogen-bond donors (Lipinski definition) is 0. The van der Waals surface area contributed by atoms with Crippen LogP contribution in [0, 0.1) is 5.82 Å². The van der Waals surface area contributed by atoms with Crippen molar-refractivity contribution < 1.29 is 17.6 Å². The van der Waals surface area contributed by atoms with Gasteiger partial charge >= 0.3 is 6.18 Å². The highest BCUT2D eigenvalue weighted by molar-refractivity contribution is 7.13. The summed E-state index contributed by atoms with van der Waals surface area (Å²) in [6.07, 6.45) is -4.03. The molecule has 0 saturated carbocycles. The van der Waals surface area contributed by atoms with E-state index in [0.717, 1.165) is 23.1 Å². The Kier molecular flexibility index (Phi) is 3.38. The van der Waals surface area contributed by atoms with Crippen LogP contribution >= 0.6 is 11.3 Å². The van der Waals surface area contributed by atoms with E-state index in [9.17, 15) is 17.6 Å². The number of aryl methyl sites for hydroxylation is 1. The van der Waals surface area contributed by atoms with Crippen molar-refractivity contribution in [1.82, 2.24) is 4.98 Å². The zero-order chi connectivity index (χ0) is 13.3. The third-order valence-corrected chi connectivity index (χ3v) is 3.37. The molecule has 0 bridgehead atoms. The zero-order valence-electron chi connectivity index (χ0n) is 9.38. The van der Waals surface area contributed by atoms with Crippen molar-refractivity contribution in [3.8, 4) is 10.6 Å². The molecule has 0 fully saturated rings. The molecule has 96 valence electrons. The van der Waals surface area contributed by atoms with Gasteiger partial charge in [-0.1, -0.05) is 13.0 Å². The van der Waals surface area contributed by atoms with E-state index in [1.807, 2.05) is 6.92 Å². The molecule has 0 aliphatic rings. The molecule has 1 aromatic heterocycles.